The number of nitrogens with zero attached hydrogens (tertiary/aromatic N) is 2. The maximum atomic E-state index is 5.31. The lowest BCUT2D eigenvalue weighted by atomic mass is 9.94. The van der Waals surface area contributed by atoms with Gasteiger partial charge in [0.1, 0.15) is 0 Å². The highest BCUT2D eigenvalue weighted by Gasteiger charge is 2.16. The zero-order chi connectivity index (χ0) is 16.8. The number of benzene rings is 1. The summed E-state index contributed by atoms with van der Waals surface area (Å²) in [6.45, 7) is 2.16. The zero-order valence-corrected chi connectivity index (χ0v) is 14.1. The first-order chi connectivity index (χ1) is 11.8. The molecular formula is C18H23N3O3. The second-order valence-electron chi connectivity index (χ2n) is 5.89. The molecule has 3 rings (SSSR count). The monoisotopic (exact) mass is 329 g/mol. The molecular weight excluding hydrogens is 306 g/mol. The molecule has 2 heterocycles. The van der Waals surface area contributed by atoms with Gasteiger partial charge in [0.2, 0.25) is 0 Å². The Balaban J connectivity index is 1.64. The zero-order valence-electron chi connectivity index (χ0n) is 14.1. The Bertz CT molecular complexity index is 691. The van der Waals surface area contributed by atoms with Crippen LogP contribution in [0.5, 0.6) is 11.5 Å². The summed E-state index contributed by atoms with van der Waals surface area (Å²) in [5, 5.41) is 7.45. The quantitative estimate of drug-likeness (QED) is 0.879. The van der Waals surface area contributed by atoms with Crippen LogP contribution in [0.2, 0.25) is 0 Å². The third kappa shape index (κ3) is 4.14. The van der Waals surface area contributed by atoms with Gasteiger partial charge >= 0.3 is 0 Å². The maximum absolute atomic E-state index is 5.31. The Labute approximate surface area is 141 Å². The van der Waals surface area contributed by atoms with Gasteiger partial charge in [-0.3, -0.25) is 0 Å². The van der Waals surface area contributed by atoms with E-state index in [1.54, 1.807) is 14.2 Å². The molecule has 1 saturated heterocycles. The smallest absolute Gasteiger partial charge is 0.250 e. The van der Waals surface area contributed by atoms with Gasteiger partial charge in [0, 0.05) is 12.5 Å². The van der Waals surface area contributed by atoms with Gasteiger partial charge in [0.05, 0.1) is 14.2 Å². The largest absolute Gasteiger partial charge is 0.493 e. The fraction of sp³-hybridized carbons (Fsp3) is 0.444. The molecule has 0 radical (unpaired) electrons. The lowest BCUT2D eigenvalue weighted by Crippen LogP contribution is -2.28. The Morgan fingerprint density at radius 2 is 1.96 bits per heavy atom. The molecule has 1 aliphatic rings. The average molecular weight is 329 g/mol. The van der Waals surface area contributed by atoms with Gasteiger partial charge in [-0.15, -0.1) is 0 Å². The lowest BCUT2D eigenvalue weighted by Gasteiger charge is -2.20. The number of rotatable bonds is 6. The van der Waals surface area contributed by atoms with Crippen molar-refractivity contribution in [3.05, 3.63) is 35.5 Å². The van der Waals surface area contributed by atoms with Gasteiger partial charge in [-0.1, -0.05) is 11.2 Å². The minimum absolute atomic E-state index is 0.522. The lowest BCUT2D eigenvalue weighted by molar-refractivity contribution is 0.354. The summed E-state index contributed by atoms with van der Waals surface area (Å²) in [5.74, 6) is 3.35. The topological polar surface area (TPSA) is 69.4 Å². The number of methoxy groups -OCH3 is 2. The van der Waals surface area contributed by atoms with E-state index in [-0.39, 0.29) is 0 Å². The van der Waals surface area contributed by atoms with Crippen LogP contribution in [0.15, 0.2) is 22.7 Å². The number of nitrogens with one attached hydrogen (secondary N) is 1. The highest BCUT2D eigenvalue weighted by molar-refractivity contribution is 5.67. The van der Waals surface area contributed by atoms with Crippen LogP contribution in [0.1, 0.15) is 30.1 Å². The molecule has 1 fully saturated rings. The third-order valence-corrected chi connectivity index (χ3v) is 4.24. The molecule has 128 valence electrons. The molecule has 1 aromatic carbocycles. The third-order valence-electron chi connectivity index (χ3n) is 4.24. The molecule has 2 aromatic rings. The van der Waals surface area contributed by atoms with Crippen LogP contribution in [0.4, 0.5) is 0 Å². The van der Waals surface area contributed by atoms with Crippen LogP contribution in [-0.2, 0) is 6.42 Å². The molecule has 1 aromatic heterocycles. The summed E-state index contributed by atoms with van der Waals surface area (Å²) < 4.78 is 15.8. The summed E-state index contributed by atoms with van der Waals surface area (Å²) in [6.07, 6.45) is 6.97. The summed E-state index contributed by atoms with van der Waals surface area (Å²) in [5.41, 5.74) is 0.978. The Kier molecular flexibility index (Phi) is 5.48. The van der Waals surface area contributed by atoms with Gasteiger partial charge in [0.15, 0.2) is 17.3 Å². The molecule has 0 atom stereocenters. The predicted molar refractivity (Wildman–Crippen MR) is 92.1 cm³/mol. The normalized spacial score (nSPS) is 15.8. The van der Waals surface area contributed by atoms with Crippen molar-refractivity contribution in [3.63, 3.8) is 0 Å². The molecule has 24 heavy (non-hydrogen) atoms. The van der Waals surface area contributed by atoms with E-state index >= 15 is 0 Å². The molecule has 0 unspecified atom stereocenters. The first kappa shape index (κ1) is 16.5. The fourth-order valence-corrected chi connectivity index (χ4v) is 2.89. The van der Waals surface area contributed by atoms with Crippen molar-refractivity contribution in [1.29, 1.82) is 0 Å². The number of hydrogen-bond donors (Lipinski definition) is 1. The van der Waals surface area contributed by atoms with Crippen molar-refractivity contribution >= 4 is 12.2 Å². The number of ether oxygens (including phenoxy) is 2. The van der Waals surface area contributed by atoms with E-state index in [9.17, 15) is 0 Å². The predicted octanol–water partition coefficient (Wildman–Crippen LogP) is 2.80. The van der Waals surface area contributed by atoms with Crippen molar-refractivity contribution < 1.29 is 14.0 Å². The molecule has 6 nitrogen and oxygen atoms in total. The summed E-state index contributed by atoms with van der Waals surface area (Å²) in [6, 6.07) is 5.72. The maximum Gasteiger partial charge on any atom is 0.250 e. The van der Waals surface area contributed by atoms with Crippen LogP contribution >= 0.6 is 0 Å². The standard InChI is InChI=1S/C18H23N3O3/c1-22-15-5-3-13(11-16(15)23-2)4-6-18-20-17(21-24-18)12-14-7-9-19-10-8-14/h3-6,11,14,19H,7-10,12H2,1-2H3. The molecule has 1 N–H and O–H groups in total. The first-order valence-electron chi connectivity index (χ1n) is 8.22. The molecule has 6 heteroatoms. The average Bonchev–Trinajstić information content (AvgIpc) is 3.08. The van der Waals surface area contributed by atoms with Crippen molar-refractivity contribution in [3.8, 4) is 11.5 Å². The number of aromatic nitrogens is 2. The van der Waals surface area contributed by atoms with Crippen molar-refractivity contribution in [2.75, 3.05) is 27.3 Å². The number of piperidine rings is 1. The van der Waals surface area contributed by atoms with E-state index < -0.39 is 0 Å². The van der Waals surface area contributed by atoms with Crippen LogP contribution in [0.3, 0.4) is 0 Å². The van der Waals surface area contributed by atoms with Gasteiger partial charge < -0.3 is 19.3 Å². The van der Waals surface area contributed by atoms with Crippen LogP contribution in [-0.4, -0.2) is 37.4 Å². The summed E-state index contributed by atoms with van der Waals surface area (Å²) in [4.78, 5) is 4.45. The van der Waals surface area contributed by atoms with Gasteiger partial charge in [-0.05, 0) is 55.6 Å². The number of hydrogen-bond acceptors (Lipinski definition) is 6. The molecule has 0 amide bonds. The van der Waals surface area contributed by atoms with E-state index in [0.29, 0.717) is 23.3 Å². The Morgan fingerprint density at radius 3 is 2.71 bits per heavy atom. The SMILES string of the molecule is COc1ccc(C=Cc2nc(CC3CCNCC3)no2)cc1OC. The van der Waals surface area contributed by atoms with Crippen LogP contribution in [0.25, 0.3) is 12.2 Å². The molecule has 0 saturated carbocycles. The minimum Gasteiger partial charge on any atom is -0.493 e. The minimum atomic E-state index is 0.522. The van der Waals surface area contributed by atoms with E-state index in [2.05, 4.69) is 15.5 Å². The second-order valence-corrected chi connectivity index (χ2v) is 5.89. The summed E-state index contributed by atoms with van der Waals surface area (Å²) in [7, 11) is 3.24. The molecule has 1 aliphatic heterocycles. The van der Waals surface area contributed by atoms with Gasteiger partial charge in [-0.2, -0.15) is 4.98 Å². The van der Waals surface area contributed by atoms with Gasteiger partial charge in [0.25, 0.3) is 5.89 Å². The molecule has 0 spiro atoms. The second kappa shape index (κ2) is 7.97. The highest BCUT2D eigenvalue weighted by atomic mass is 16.5. The van der Waals surface area contributed by atoms with Crippen LogP contribution in [0, 0.1) is 5.92 Å². The van der Waals surface area contributed by atoms with Crippen LogP contribution < -0.4 is 14.8 Å². The van der Waals surface area contributed by atoms with Crippen molar-refractivity contribution in [2.45, 2.75) is 19.3 Å². The van der Waals surface area contributed by atoms with E-state index in [1.807, 2.05) is 30.4 Å². The molecule has 0 bridgehead atoms. The fourth-order valence-electron chi connectivity index (χ4n) is 2.89. The van der Waals surface area contributed by atoms with E-state index in [4.69, 9.17) is 14.0 Å². The van der Waals surface area contributed by atoms with Gasteiger partial charge in [-0.25, -0.2) is 0 Å². The summed E-state index contributed by atoms with van der Waals surface area (Å²) >= 11 is 0. The first-order valence-corrected chi connectivity index (χ1v) is 8.22. The van der Waals surface area contributed by atoms with E-state index in [0.717, 1.165) is 30.9 Å². The van der Waals surface area contributed by atoms with E-state index in [1.165, 1.54) is 12.8 Å². The Hall–Kier alpha value is -2.34. The van der Waals surface area contributed by atoms with Crippen molar-refractivity contribution in [1.82, 2.24) is 15.5 Å². The Morgan fingerprint density at radius 1 is 1.17 bits per heavy atom. The highest BCUT2D eigenvalue weighted by Crippen LogP contribution is 2.28. The molecule has 0 aliphatic carbocycles. The van der Waals surface area contributed by atoms with Crippen molar-refractivity contribution in [2.24, 2.45) is 5.92 Å².